The molecule has 0 bridgehead atoms. The molecule has 0 N–H and O–H groups in total. The van der Waals surface area contributed by atoms with E-state index in [0.29, 0.717) is 11.3 Å². The summed E-state index contributed by atoms with van der Waals surface area (Å²) in [7, 11) is 0. The Kier molecular flexibility index (Phi) is 5.27. The van der Waals surface area contributed by atoms with E-state index in [0.717, 1.165) is 13.0 Å². The van der Waals surface area contributed by atoms with Crippen LogP contribution in [0.15, 0.2) is 54.7 Å². The molecule has 1 aromatic heterocycles. The molecule has 0 saturated carbocycles. The van der Waals surface area contributed by atoms with Crippen LogP contribution >= 0.6 is 0 Å². The Labute approximate surface area is 152 Å². The highest BCUT2D eigenvalue weighted by molar-refractivity contribution is 5.63. The maximum Gasteiger partial charge on any atom is 0.414 e. The van der Waals surface area contributed by atoms with Crippen LogP contribution in [0, 0.1) is 11.6 Å². The zero-order valence-corrected chi connectivity index (χ0v) is 14.2. The molecule has 8 heteroatoms. The molecule has 1 atom stereocenters. The van der Waals surface area contributed by atoms with Gasteiger partial charge in [-0.2, -0.15) is 18.3 Å². The van der Waals surface area contributed by atoms with E-state index < -0.39 is 30.5 Å². The molecule has 27 heavy (non-hydrogen) atoms. The maximum atomic E-state index is 14.1. The molecule has 0 amide bonds. The summed E-state index contributed by atoms with van der Waals surface area (Å²) in [5.74, 6) is -1.16. The second-order valence-corrected chi connectivity index (χ2v) is 5.92. The lowest BCUT2D eigenvalue weighted by molar-refractivity contribution is -0.217. The predicted molar refractivity (Wildman–Crippen MR) is 89.2 cm³/mol. The quantitative estimate of drug-likeness (QED) is 0.561. The fourth-order valence-electron chi connectivity index (χ4n) is 2.53. The molecule has 2 aromatic carbocycles. The van der Waals surface area contributed by atoms with Crippen LogP contribution in [-0.4, -0.2) is 22.1 Å². The van der Waals surface area contributed by atoms with Gasteiger partial charge in [-0.25, -0.2) is 13.5 Å². The highest BCUT2D eigenvalue weighted by Gasteiger charge is 2.36. The molecule has 0 aliphatic heterocycles. The lowest BCUT2D eigenvalue weighted by Crippen LogP contribution is -2.28. The van der Waals surface area contributed by atoms with Gasteiger partial charge in [0.15, 0.2) is 6.10 Å². The van der Waals surface area contributed by atoms with Gasteiger partial charge < -0.3 is 4.74 Å². The minimum atomic E-state index is -4.50. The van der Waals surface area contributed by atoms with Gasteiger partial charge in [0.1, 0.15) is 17.3 Å². The maximum absolute atomic E-state index is 14.1. The molecule has 3 nitrogen and oxygen atoms in total. The minimum absolute atomic E-state index is 0.172. The van der Waals surface area contributed by atoms with E-state index >= 15 is 0 Å². The minimum Gasteiger partial charge on any atom is -0.364 e. The van der Waals surface area contributed by atoms with Crippen LogP contribution in [0.25, 0.3) is 16.9 Å². The first-order chi connectivity index (χ1) is 12.8. The van der Waals surface area contributed by atoms with E-state index in [-0.39, 0.29) is 11.3 Å². The highest BCUT2D eigenvalue weighted by atomic mass is 19.4. The van der Waals surface area contributed by atoms with Crippen molar-refractivity contribution < 1.29 is 26.7 Å². The van der Waals surface area contributed by atoms with Crippen LogP contribution in [-0.2, 0) is 11.3 Å². The van der Waals surface area contributed by atoms with Crippen molar-refractivity contribution >= 4 is 0 Å². The fourth-order valence-corrected chi connectivity index (χ4v) is 2.53. The average Bonchev–Trinajstić information content (AvgIpc) is 3.08. The first-order valence-corrected chi connectivity index (χ1v) is 8.03. The summed E-state index contributed by atoms with van der Waals surface area (Å²) in [5, 5.41) is 4.06. The molecule has 1 heterocycles. The van der Waals surface area contributed by atoms with E-state index in [9.17, 15) is 22.0 Å². The number of nitrogens with zero attached hydrogens (tertiary/aromatic N) is 2. The second kappa shape index (κ2) is 7.48. The number of hydrogen-bond acceptors (Lipinski definition) is 2. The molecule has 0 aliphatic rings. The van der Waals surface area contributed by atoms with E-state index in [1.807, 2.05) is 0 Å². The largest absolute Gasteiger partial charge is 0.414 e. The summed E-state index contributed by atoms with van der Waals surface area (Å²) in [6, 6.07) is 11.3. The molecule has 3 rings (SSSR count). The Morgan fingerprint density at radius 2 is 1.81 bits per heavy atom. The van der Waals surface area contributed by atoms with Gasteiger partial charge in [-0.15, -0.1) is 0 Å². The van der Waals surface area contributed by atoms with Gasteiger partial charge in [0, 0.05) is 5.56 Å². The van der Waals surface area contributed by atoms with Crippen molar-refractivity contribution in [1.29, 1.82) is 0 Å². The van der Waals surface area contributed by atoms with Crippen molar-refractivity contribution in [2.45, 2.75) is 25.8 Å². The number of alkyl halides is 3. The van der Waals surface area contributed by atoms with Crippen molar-refractivity contribution in [1.82, 2.24) is 9.78 Å². The Bertz CT molecular complexity index is 936. The Morgan fingerprint density at radius 3 is 2.52 bits per heavy atom. The molecule has 0 saturated heterocycles. The number of aromatic nitrogens is 2. The molecule has 0 fully saturated rings. The van der Waals surface area contributed by atoms with Crippen molar-refractivity contribution in [3.63, 3.8) is 0 Å². The summed E-state index contributed by atoms with van der Waals surface area (Å²) in [6.07, 6.45) is -5.05. The summed E-state index contributed by atoms with van der Waals surface area (Å²) >= 11 is 0. The fraction of sp³-hybridized carbons (Fsp3) is 0.211. The van der Waals surface area contributed by atoms with E-state index in [2.05, 4.69) is 5.10 Å². The van der Waals surface area contributed by atoms with Gasteiger partial charge in [-0.3, -0.25) is 0 Å². The summed E-state index contributed by atoms with van der Waals surface area (Å²) in [4.78, 5) is 0. The van der Waals surface area contributed by atoms with Crippen molar-refractivity contribution in [2.75, 3.05) is 0 Å². The monoisotopic (exact) mass is 382 g/mol. The van der Waals surface area contributed by atoms with Crippen LogP contribution < -0.4 is 0 Å². The first-order valence-electron chi connectivity index (χ1n) is 8.03. The third-order valence-electron chi connectivity index (χ3n) is 3.94. The third-order valence-corrected chi connectivity index (χ3v) is 3.94. The lowest BCUT2D eigenvalue weighted by Gasteiger charge is -2.17. The van der Waals surface area contributed by atoms with E-state index in [1.165, 1.54) is 41.2 Å². The zero-order valence-electron chi connectivity index (χ0n) is 14.2. The zero-order chi connectivity index (χ0) is 19.6. The Balaban J connectivity index is 1.92. The highest BCUT2D eigenvalue weighted by Crippen LogP contribution is 2.27. The van der Waals surface area contributed by atoms with Gasteiger partial charge in [0.2, 0.25) is 0 Å². The molecular formula is C19H15F5N2O. The Hall–Kier alpha value is -2.74. The van der Waals surface area contributed by atoms with Crippen LogP contribution in [0.2, 0.25) is 0 Å². The van der Waals surface area contributed by atoms with Gasteiger partial charge >= 0.3 is 6.18 Å². The smallest absolute Gasteiger partial charge is 0.364 e. The third kappa shape index (κ3) is 4.33. The van der Waals surface area contributed by atoms with Gasteiger partial charge in [-0.1, -0.05) is 12.1 Å². The first kappa shape index (κ1) is 19.0. The molecule has 142 valence electrons. The molecule has 0 unspecified atom stereocenters. The number of halogens is 5. The molecule has 0 radical (unpaired) electrons. The van der Waals surface area contributed by atoms with Gasteiger partial charge in [0.05, 0.1) is 18.5 Å². The number of hydrogen-bond donors (Lipinski definition) is 0. The molecule has 0 aliphatic carbocycles. The Morgan fingerprint density at radius 1 is 1.07 bits per heavy atom. The SMILES string of the molecule is C[C@@H](OCc1cc(F)cc(-c2ccnn2-c2ccccc2F)c1)C(F)(F)F. The lowest BCUT2D eigenvalue weighted by atomic mass is 10.1. The molecule has 0 spiro atoms. The second-order valence-electron chi connectivity index (χ2n) is 5.92. The molecule has 3 aromatic rings. The van der Waals surface area contributed by atoms with Gasteiger partial charge in [-0.05, 0) is 48.9 Å². The van der Waals surface area contributed by atoms with Crippen LogP contribution in [0.1, 0.15) is 12.5 Å². The van der Waals surface area contributed by atoms with Crippen LogP contribution in [0.4, 0.5) is 22.0 Å². The normalized spacial score (nSPS) is 13.0. The average molecular weight is 382 g/mol. The van der Waals surface area contributed by atoms with E-state index in [4.69, 9.17) is 4.74 Å². The van der Waals surface area contributed by atoms with Crippen molar-refractivity contribution in [3.05, 3.63) is 71.9 Å². The van der Waals surface area contributed by atoms with Crippen molar-refractivity contribution in [2.24, 2.45) is 0 Å². The van der Waals surface area contributed by atoms with Crippen LogP contribution in [0.5, 0.6) is 0 Å². The number of para-hydroxylation sites is 1. The topological polar surface area (TPSA) is 27.1 Å². The summed E-state index contributed by atoms with van der Waals surface area (Å²) in [5.41, 5.74) is 1.13. The standard InChI is InChI=1S/C19H15F5N2O/c1-12(19(22,23)24)27-11-13-8-14(10-15(20)9-13)17-6-7-25-26(17)18-5-3-2-4-16(18)21/h2-10,12H,11H2,1H3/t12-/m1/s1. The summed E-state index contributed by atoms with van der Waals surface area (Å²) < 4.78 is 71.9. The predicted octanol–water partition coefficient (Wildman–Crippen LogP) is 5.28. The van der Waals surface area contributed by atoms with Gasteiger partial charge in [0.25, 0.3) is 0 Å². The number of rotatable bonds is 5. The van der Waals surface area contributed by atoms with E-state index in [1.54, 1.807) is 12.1 Å². The molecular weight excluding hydrogens is 367 g/mol. The number of ether oxygens (including phenoxy) is 1. The number of benzene rings is 2. The van der Waals surface area contributed by atoms with Crippen molar-refractivity contribution in [3.8, 4) is 16.9 Å². The summed E-state index contributed by atoms with van der Waals surface area (Å²) in [6.45, 7) is 0.465. The van der Waals surface area contributed by atoms with Crippen LogP contribution in [0.3, 0.4) is 0 Å².